The van der Waals surface area contributed by atoms with Crippen molar-refractivity contribution in [1.82, 2.24) is 5.32 Å². The summed E-state index contributed by atoms with van der Waals surface area (Å²) < 4.78 is 52.0. The average molecular weight is 414 g/mol. The molecule has 1 aromatic rings. The Morgan fingerprint density at radius 1 is 1.31 bits per heavy atom. The molecule has 0 unspecified atom stereocenters. The molecule has 29 heavy (non-hydrogen) atoms. The van der Waals surface area contributed by atoms with E-state index in [4.69, 9.17) is 0 Å². The van der Waals surface area contributed by atoms with Gasteiger partial charge in [-0.05, 0) is 52.7 Å². The molecule has 8 heteroatoms. The molecule has 1 aliphatic carbocycles. The Bertz CT molecular complexity index is 770. The van der Waals surface area contributed by atoms with Crippen LogP contribution in [0.1, 0.15) is 52.0 Å². The maximum absolute atomic E-state index is 15.3. The first-order valence-electron chi connectivity index (χ1n) is 10.1. The van der Waals surface area contributed by atoms with Crippen LogP contribution in [0.4, 0.5) is 18.9 Å². The number of benzene rings is 1. The van der Waals surface area contributed by atoms with Gasteiger partial charge in [0.1, 0.15) is 5.75 Å². The van der Waals surface area contributed by atoms with Crippen LogP contribution in [0, 0.1) is 12.7 Å². The van der Waals surface area contributed by atoms with Crippen molar-refractivity contribution >= 4 is 11.7 Å². The van der Waals surface area contributed by atoms with Crippen molar-refractivity contribution in [1.29, 1.82) is 0 Å². The molecule has 1 aromatic carbocycles. The van der Waals surface area contributed by atoms with Gasteiger partial charge in [0.05, 0.1) is 12.3 Å². The number of hydrogen-bond acceptors (Lipinski definition) is 5. The van der Waals surface area contributed by atoms with Crippen LogP contribution >= 0.6 is 0 Å². The average Bonchev–Trinajstić information content (AvgIpc) is 2.64. The van der Waals surface area contributed by atoms with Crippen LogP contribution in [0.5, 0.6) is 5.75 Å². The lowest BCUT2D eigenvalue weighted by Gasteiger charge is -2.52. The lowest BCUT2D eigenvalue weighted by Crippen LogP contribution is -2.67. The van der Waals surface area contributed by atoms with E-state index in [1.807, 2.05) is 0 Å². The number of ether oxygens (including phenoxy) is 2. The van der Waals surface area contributed by atoms with Crippen molar-refractivity contribution < 1.29 is 27.4 Å². The van der Waals surface area contributed by atoms with E-state index in [1.165, 1.54) is 26.0 Å². The molecule has 2 atom stereocenters. The second-order valence-electron chi connectivity index (χ2n) is 8.48. The van der Waals surface area contributed by atoms with Gasteiger partial charge in [0.25, 0.3) is 0 Å². The maximum Gasteiger partial charge on any atom is 0.502 e. The van der Waals surface area contributed by atoms with Crippen LogP contribution < -0.4 is 15.0 Å². The molecular weight excluding hydrogens is 385 g/mol. The highest BCUT2D eigenvalue weighted by Gasteiger charge is 2.45. The van der Waals surface area contributed by atoms with E-state index in [0.29, 0.717) is 12.2 Å². The number of halogens is 3. The smallest absolute Gasteiger partial charge is 0.459 e. The summed E-state index contributed by atoms with van der Waals surface area (Å²) in [4.78, 5) is 13.5. The Morgan fingerprint density at radius 3 is 2.69 bits per heavy atom. The predicted molar refractivity (Wildman–Crippen MR) is 104 cm³/mol. The third-order valence-corrected chi connectivity index (χ3v) is 5.65. The summed E-state index contributed by atoms with van der Waals surface area (Å²) in [5, 5.41) is 3.66. The second-order valence-corrected chi connectivity index (χ2v) is 8.48. The fourth-order valence-corrected chi connectivity index (χ4v) is 4.39. The number of anilines is 1. The maximum atomic E-state index is 15.3. The van der Waals surface area contributed by atoms with Crippen LogP contribution in [-0.2, 0) is 9.53 Å². The molecule has 1 saturated heterocycles. The summed E-state index contributed by atoms with van der Waals surface area (Å²) in [6, 6.07) is 3.18. The molecule has 1 aliphatic heterocycles. The van der Waals surface area contributed by atoms with Gasteiger partial charge in [-0.25, -0.2) is 9.18 Å². The number of esters is 1. The van der Waals surface area contributed by atoms with Gasteiger partial charge in [0.15, 0.2) is 5.82 Å². The lowest BCUT2D eigenvalue weighted by molar-refractivity contribution is -0.216. The molecule has 1 N–H and O–H groups in total. The van der Waals surface area contributed by atoms with Gasteiger partial charge in [0, 0.05) is 29.7 Å². The van der Waals surface area contributed by atoms with E-state index in [9.17, 15) is 13.6 Å². The molecular formula is C21H29F3N2O3. The van der Waals surface area contributed by atoms with E-state index in [0.717, 1.165) is 25.7 Å². The number of nitrogens with zero attached hydrogens (tertiary/aromatic N) is 1. The molecule has 0 bridgehead atoms. The minimum absolute atomic E-state index is 0.0600. The molecule has 0 aromatic heterocycles. The summed E-state index contributed by atoms with van der Waals surface area (Å²) >= 11 is 0. The van der Waals surface area contributed by atoms with Crippen LogP contribution in [0.2, 0.25) is 0 Å². The lowest BCUT2D eigenvalue weighted by atomic mass is 9.83. The minimum Gasteiger partial charge on any atom is -0.459 e. The molecule has 162 valence electrons. The van der Waals surface area contributed by atoms with Crippen molar-refractivity contribution in [2.24, 2.45) is 0 Å². The second kappa shape index (κ2) is 8.05. The van der Waals surface area contributed by atoms with Crippen molar-refractivity contribution in [2.75, 3.05) is 18.1 Å². The fraction of sp³-hybridized carbons (Fsp3) is 0.667. The fourth-order valence-electron chi connectivity index (χ4n) is 4.39. The summed E-state index contributed by atoms with van der Waals surface area (Å²) in [6.45, 7) is 7.34. The molecule has 0 spiro atoms. The molecule has 0 amide bonds. The summed E-state index contributed by atoms with van der Waals surface area (Å²) in [7, 11) is 0. The van der Waals surface area contributed by atoms with E-state index in [2.05, 4.69) is 33.5 Å². The van der Waals surface area contributed by atoms with Gasteiger partial charge in [-0.2, -0.15) is 8.78 Å². The Hall–Kier alpha value is -1.96. The predicted octanol–water partition coefficient (Wildman–Crippen LogP) is 4.17. The largest absolute Gasteiger partial charge is 0.502 e. The summed E-state index contributed by atoms with van der Waals surface area (Å²) in [5.74, 6) is -2.78. The SMILES string of the molecule is CCOC(=O)C(F)(F)Oc1ccc(N2CC(C)(C)N[C@H]3CCCC[C@H]32)c(F)c1C. The van der Waals surface area contributed by atoms with Crippen LogP contribution in [-0.4, -0.2) is 42.9 Å². The highest BCUT2D eigenvalue weighted by atomic mass is 19.3. The number of fused-ring (bicyclic) bond motifs is 1. The Kier molecular flexibility index (Phi) is 6.03. The van der Waals surface area contributed by atoms with E-state index in [-0.39, 0.29) is 35.5 Å². The number of carbonyl (C=O) groups excluding carboxylic acids is 1. The molecule has 0 radical (unpaired) electrons. The monoisotopic (exact) mass is 414 g/mol. The van der Waals surface area contributed by atoms with Crippen LogP contribution in [0.15, 0.2) is 12.1 Å². The Labute approximate surface area is 169 Å². The van der Waals surface area contributed by atoms with Crippen molar-refractivity contribution in [3.8, 4) is 5.75 Å². The zero-order chi connectivity index (χ0) is 21.4. The topological polar surface area (TPSA) is 50.8 Å². The minimum atomic E-state index is -4.18. The highest BCUT2D eigenvalue weighted by molar-refractivity contribution is 5.76. The van der Waals surface area contributed by atoms with Crippen molar-refractivity contribution in [3.63, 3.8) is 0 Å². The zero-order valence-electron chi connectivity index (χ0n) is 17.4. The number of nitrogens with one attached hydrogen (secondary N) is 1. The van der Waals surface area contributed by atoms with E-state index in [1.54, 1.807) is 0 Å². The first-order valence-corrected chi connectivity index (χ1v) is 10.1. The number of piperazine rings is 1. The van der Waals surface area contributed by atoms with Gasteiger partial charge in [-0.3, -0.25) is 0 Å². The first kappa shape index (κ1) is 21.7. The molecule has 1 saturated carbocycles. The normalized spacial score (nSPS) is 24.0. The molecule has 2 fully saturated rings. The quantitative estimate of drug-likeness (QED) is 0.733. The highest BCUT2D eigenvalue weighted by Crippen LogP contribution is 2.38. The Morgan fingerprint density at radius 2 is 2.00 bits per heavy atom. The molecule has 2 aliphatic rings. The van der Waals surface area contributed by atoms with Crippen LogP contribution in [0.3, 0.4) is 0 Å². The summed E-state index contributed by atoms with van der Waals surface area (Å²) in [6.07, 6.45) is 0.00640. The molecule has 1 heterocycles. The van der Waals surface area contributed by atoms with Crippen molar-refractivity contribution in [2.45, 2.75) is 77.1 Å². The zero-order valence-corrected chi connectivity index (χ0v) is 17.4. The number of carbonyl (C=O) groups is 1. The van der Waals surface area contributed by atoms with Gasteiger partial charge in [0.2, 0.25) is 0 Å². The third-order valence-electron chi connectivity index (χ3n) is 5.65. The summed E-state index contributed by atoms with van der Waals surface area (Å²) in [5.41, 5.74) is 0.112. The van der Waals surface area contributed by atoms with Gasteiger partial charge < -0.3 is 19.7 Å². The van der Waals surface area contributed by atoms with Gasteiger partial charge >= 0.3 is 12.1 Å². The Balaban J connectivity index is 1.89. The van der Waals surface area contributed by atoms with Gasteiger partial charge in [-0.15, -0.1) is 0 Å². The van der Waals surface area contributed by atoms with Gasteiger partial charge in [-0.1, -0.05) is 12.8 Å². The number of hydrogen-bond donors (Lipinski definition) is 1. The number of alkyl halides is 2. The standard InChI is InChI=1S/C21H29F3N2O3/c1-5-28-19(27)21(23,24)29-17-11-10-16(18(22)13(17)2)26-12-20(3,4)25-14-8-6-7-9-15(14)26/h10-11,14-15,25H,5-9,12H2,1-4H3/t14-,15+/m0/s1. The van der Waals surface area contributed by atoms with Crippen molar-refractivity contribution in [3.05, 3.63) is 23.5 Å². The number of rotatable bonds is 5. The van der Waals surface area contributed by atoms with E-state index < -0.39 is 17.9 Å². The third kappa shape index (κ3) is 4.47. The molecule has 3 rings (SSSR count). The van der Waals surface area contributed by atoms with E-state index >= 15 is 4.39 Å². The molecule has 5 nitrogen and oxygen atoms in total. The first-order chi connectivity index (χ1) is 13.6. The van der Waals surface area contributed by atoms with Crippen LogP contribution in [0.25, 0.3) is 0 Å².